The van der Waals surface area contributed by atoms with E-state index in [-0.39, 0.29) is 5.60 Å². The van der Waals surface area contributed by atoms with Gasteiger partial charge >= 0.3 is 0 Å². The van der Waals surface area contributed by atoms with E-state index in [0.29, 0.717) is 0 Å². The fraction of sp³-hybridized carbons (Fsp3) is 0.500. The summed E-state index contributed by atoms with van der Waals surface area (Å²) in [5.41, 5.74) is 0.932. The quantitative estimate of drug-likeness (QED) is 0.897. The summed E-state index contributed by atoms with van der Waals surface area (Å²) in [6.07, 6.45) is 0. The summed E-state index contributed by atoms with van der Waals surface area (Å²) in [6.45, 7) is 5.61. The summed E-state index contributed by atoms with van der Waals surface area (Å²) in [6, 6.07) is 5.85. The molecule has 0 aromatic heterocycles. The molecule has 1 aromatic rings. The van der Waals surface area contributed by atoms with Crippen LogP contribution in [0.1, 0.15) is 19.4 Å². The predicted octanol–water partition coefficient (Wildman–Crippen LogP) is 3.62. The Labute approximate surface area is 110 Å². The first kappa shape index (κ1) is 14.0. The largest absolute Gasteiger partial charge is 0.377 e. The van der Waals surface area contributed by atoms with Crippen LogP contribution in [0.2, 0.25) is 5.02 Å². The van der Waals surface area contributed by atoms with Gasteiger partial charge in [0.1, 0.15) is 0 Å². The summed E-state index contributed by atoms with van der Waals surface area (Å²) < 4.78 is 6.37. The van der Waals surface area contributed by atoms with Crippen LogP contribution in [0, 0.1) is 0 Å². The third-order valence-corrected chi connectivity index (χ3v) is 3.29. The van der Waals surface area contributed by atoms with Gasteiger partial charge in [-0.05, 0) is 37.6 Å². The van der Waals surface area contributed by atoms with Crippen molar-refractivity contribution < 1.29 is 4.74 Å². The minimum Gasteiger partial charge on any atom is -0.377 e. The number of hydrogen-bond donors (Lipinski definition) is 1. The van der Waals surface area contributed by atoms with Gasteiger partial charge in [-0.3, -0.25) is 0 Å². The monoisotopic (exact) mass is 305 g/mol. The molecule has 0 bridgehead atoms. The molecule has 90 valence electrons. The summed E-state index contributed by atoms with van der Waals surface area (Å²) in [4.78, 5) is 0. The maximum atomic E-state index is 6.09. The first-order valence-corrected chi connectivity index (χ1v) is 6.31. The van der Waals surface area contributed by atoms with Crippen molar-refractivity contribution in [3.05, 3.63) is 33.3 Å². The number of hydrogen-bond acceptors (Lipinski definition) is 2. The van der Waals surface area contributed by atoms with Gasteiger partial charge in [0.15, 0.2) is 0 Å². The molecule has 0 saturated heterocycles. The maximum absolute atomic E-state index is 6.09. The van der Waals surface area contributed by atoms with Crippen LogP contribution < -0.4 is 5.32 Å². The fourth-order valence-corrected chi connectivity index (χ4v) is 1.84. The number of methoxy groups -OCH3 is 1. The van der Waals surface area contributed by atoms with E-state index in [1.807, 2.05) is 32.0 Å². The van der Waals surface area contributed by atoms with Gasteiger partial charge in [-0.15, -0.1) is 0 Å². The lowest BCUT2D eigenvalue weighted by molar-refractivity contribution is 0.0231. The second-order valence-corrected chi connectivity index (χ2v) is 5.63. The zero-order valence-corrected chi connectivity index (χ0v) is 12.2. The highest BCUT2D eigenvalue weighted by Crippen LogP contribution is 2.20. The molecule has 0 heterocycles. The minimum absolute atomic E-state index is 0.154. The third kappa shape index (κ3) is 4.42. The van der Waals surface area contributed by atoms with Crippen molar-refractivity contribution in [3.63, 3.8) is 0 Å². The highest BCUT2D eigenvalue weighted by molar-refractivity contribution is 9.10. The van der Waals surface area contributed by atoms with Gasteiger partial charge in [-0.25, -0.2) is 0 Å². The Kier molecular flexibility index (Phi) is 5.25. The number of nitrogens with one attached hydrogen (secondary N) is 1. The highest BCUT2D eigenvalue weighted by Gasteiger charge is 2.15. The topological polar surface area (TPSA) is 21.3 Å². The molecule has 1 aromatic carbocycles. The van der Waals surface area contributed by atoms with E-state index in [4.69, 9.17) is 16.3 Å². The Morgan fingerprint density at radius 2 is 2.12 bits per heavy atom. The molecule has 4 heteroatoms. The van der Waals surface area contributed by atoms with Gasteiger partial charge in [0.05, 0.1) is 5.60 Å². The van der Waals surface area contributed by atoms with Crippen LogP contribution in [0.15, 0.2) is 22.7 Å². The lowest BCUT2D eigenvalue weighted by atomic mass is 10.1. The van der Waals surface area contributed by atoms with Crippen LogP contribution in [-0.4, -0.2) is 19.3 Å². The van der Waals surface area contributed by atoms with Crippen LogP contribution in [0.5, 0.6) is 0 Å². The van der Waals surface area contributed by atoms with Gasteiger partial charge in [0.2, 0.25) is 0 Å². The average Bonchev–Trinajstić information content (AvgIpc) is 2.23. The molecule has 0 amide bonds. The van der Waals surface area contributed by atoms with E-state index in [1.165, 1.54) is 0 Å². The first-order chi connectivity index (χ1) is 7.44. The van der Waals surface area contributed by atoms with Gasteiger partial charge in [0, 0.05) is 29.7 Å². The molecule has 0 spiro atoms. The van der Waals surface area contributed by atoms with Gasteiger partial charge < -0.3 is 10.1 Å². The van der Waals surface area contributed by atoms with Crippen LogP contribution in [0.3, 0.4) is 0 Å². The van der Waals surface area contributed by atoms with E-state index >= 15 is 0 Å². The van der Waals surface area contributed by atoms with Crippen molar-refractivity contribution in [2.45, 2.75) is 26.0 Å². The van der Waals surface area contributed by atoms with Gasteiger partial charge in [0.25, 0.3) is 0 Å². The Morgan fingerprint density at radius 1 is 1.44 bits per heavy atom. The predicted molar refractivity (Wildman–Crippen MR) is 71.9 cm³/mol. The van der Waals surface area contributed by atoms with Crippen LogP contribution in [0.25, 0.3) is 0 Å². The smallest absolute Gasteiger partial charge is 0.0746 e. The molecule has 0 fully saturated rings. The molecule has 0 unspecified atom stereocenters. The molecule has 0 aliphatic carbocycles. The van der Waals surface area contributed by atoms with Crippen molar-refractivity contribution in [2.75, 3.05) is 13.7 Å². The highest BCUT2D eigenvalue weighted by atomic mass is 79.9. The minimum atomic E-state index is -0.154. The molecular formula is C12H17BrClNO. The molecular weight excluding hydrogens is 289 g/mol. The molecule has 0 radical (unpaired) electrons. The second kappa shape index (κ2) is 6.01. The van der Waals surface area contributed by atoms with E-state index in [1.54, 1.807) is 7.11 Å². The summed E-state index contributed by atoms with van der Waals surface area (Å²) in [7, 11) is 1.72. The fourth-order valence-electron chi connectivity index (χ4n) is 1.25. The zero-order valence-electron chi connectivity index (χ0n) is 9.81. The lowest BCUT2D eigenvalue weighted by Crippen LogP contribution is -2.36. The zero-order chi connectivity index (χ0) is 12.2. The third-order valence-electron chi connectivity index (χ3n) is 2.43. The summed E-state index contributed by atoms with van der Waals surface area (Å²) in [5.74, 6) is 0. The molecule has 0 atom stereocenters. The molecule has 0 aliphatic heterocycles. The Hall–Kier alpha value is -0.0900. The molecule has 1 N–H and O–H groups in total. The van der Waals surface area contributed by atoms with Gasteiger partial charge in [-0.2, -0.15) is 0 Å². The SMILES string of the molecule is COC(C)(C)CNCc1cc(Br)ccc1Cl. The molecule has 0 saturated carbocycles. The van der Waals surface area contributed by atoms with Crippen molar-refractivity contribution in [1.29, 1.82) is 0 Å². The van der Waals surface area contributed by atoms with E-state index < -0.39 is 0 Å². The average molecular weight is 307 g/mol. The summed E-state index contributed by atoms with van der Waals surface area (Å²) >= 11 is 9.52. The van der Waals surface area contributed by atoms with E-state index in [9.17, 15) is 0 Å². The number of benzene rings is 1. The number of ether oxygens (including phenoxy) is 1. The van der Waals surface area contributed by atoms with Gasteiger partial charge in [-0.1, -0.05) is 27.5 Å². The van der Waals surface area contributed by atoms with Crippen molar-refractivity contribution in [3.8, 4) is 0 Å². The van der Waals surface area contributed by atoms with Crippen LogP contribution >= 0.6 is 27.5 Å². The lowest BCUT2D eigenvalue weighted by Gasteiger charge is -2.23. The van der Waals surface area contributed by atoms with Crippen molar-refractivity contribution in [1.82, 2.24) is 5.32 Å². The van der Waals surface area contributed by atoms with E-state index in [2.05, 4.69) is 21.2 Å². The van der Waals surface area contributed by atoms with Crippen LogP contribution in [-0.2, 0) is 11.3 Å². The second-order valence-electron chi connectivity index (χ2n) is 4.30. The number of halogens is 2. The normalized spacial score (nSPS) is 11.8. The molecule has 16 heavy (non-hydrogen) atoms. The van der Waals surface area contributed by atoms with E-state index in [0.717, 1.165) is 28.1 Å². The van der Waals surface area contributed by atoms with Crippen molar-refractivity contribution in [2.24, 2.45) is 0 Å². The Morgan fingerprint density at radius 3 is 2.75 bits per heavy atom. The Balaban J connectivity index is 2.52. The molecule has 0 aliphatic rings. The molecule has 2 nitrogen and oxygen atoms in total. The van der Waals surface area contributed by atoms with Crippen molar-refractivity contribution >= 4 is 27.5 Å². The van der Waals surface area contributed by atoms with Crippen LogP contribution in [0.4, 0.5) is 0 Å². The standard InChI is InChI=1S/C12H17BrClNO/c1-12(2,16-3)8-15-7-9-6-10(13)4-5-11(9)14/h4-6,15H,7-8H2,1-3H3. The molecule has 1 rings (SSSR count). The number of rotatable bonds is 5. The maximum Gasteiger partial charge on any atom is 0.0746 e. The first-order valence-electron chi connectivity index (χ1n) is 5.14. The summed E-state index contributed by atoms with van der Waals surface area (Å²) in [5, 5.41) is 4.11. The Bertz CT molecular complexity index is 355.